The van der Waals surface area contributed by atoms with Crippen LogP contribution in [0.5, 0.6) is 0 Å². The highest BCUT2D eigenvalue weighted by Crippen LogP contribution is 2.24. The van der Waals surface area contributed by atoms with E-state index in [-0.39, 0.29) is 12.3 Å². The van der Waals surface area contributed by atoms with Gasteiger partial charge in [-0.25, -0.2) is 4.98 Å². The van der Waals surface area contributed by atoms with Crippen LogP contribution in [0.3, 0.4) is 0 Å². The summed E-state index contributed by atoms with van der Waals surface area (Å²) in [6.45, 7) is 0. The van der Waals surface area contributed by atoms with Crippen molar-refractivity contribution in [1.29, 1.82) is 5.26 Å². The second-order valence-corrected chi connectivity index (χ2v) is 5.99. The Bertz CT molecular complexity index is 997. The molecule has 3 aromatic rings. The number of benzene rings is 1. The van der Waals surface area contributed by atoms with Crippen LogP contribution in [0.4, 0.5) is 5.69 Å². The van der Waals surface area contributed by atoms with Gasteiger partial charge in [-0.3, -0.25) is 4.79 Å². The number of fused-ring (bicyclic) bond motifs is 1. The second-order valence-electron chi connectivity index (χ2n) is 5.56. The lowest BCUT2D eigenvalue weighted by atomic mass is 10.1. The van der Waals surface area contributed by atoms with Gasteiger partial charge in [0.1, 0.15) is 12.1 Å². The molecule has 1 aromatic carbocycles. The Kier molecular flexibility index (Phi) is 4.82. The van der Waals surface area contributed by atoms with E-state index in [1.807, 2.05) is 66.4 Å². The van der Waals surface area contributed by atoms with Crippen LogP contribution in [0.2, 0.25) is 5.02 Å². The molecule has 2 heterocycles. The second kappa shape index (κ2) is 7.20. The first-order valence-electron chi connectivity index (χ1n) is 7.62. The Balaban J connectivity index is 1.93. The normalized spacial score (nSPS) is 10.9. The van der Waals surface area contributed by atoms with E-state index >= 15 is 0 Å². The number of aryl methyl sites for hydroxylation is 1. The van der Waals surface area contributed by atoms with Gasteiger partial charge in [-0.05, 0) is 23.8 Å². The van der Waals surface area contributed by atoms with E-state index in [0.717, 1.165) is 22.2 Å². The minimum atomic E-state index is -0.349. The molecule has 5 nitrogen and oxygen atoms in total. The van der Waals surface area contributed by atoms with Crippen LogP contribution >= 0.6 is 11.6 Å². The topological polar surface area (TPSA) is 70.7 Å². The van der Waals surface area contributed by atoms with Crippen LogP contribution in [0.1, 0.15) is 17.5 Å². The Hall–Kier alpha value is -3.10. The molecule has 0 saturated carbocycles. The molecule has 0 radical (unpaired) electrons. The molecule has 0 atom stereocenters. The van der Waals surface area contributed by atoms with Gasteiger partial charge in [-0.1, -0.05) is 35.9 Å². The molecule has 0 aliphatic rings. The van der Waals surface area contributed by atoms with Gasteiger partial charge >= 0.3 is 0 Å². The van der Waals surface area contributed by atoms with E-state index in [1.54, 1.807) is 6.20 Å². The van der Waals surface area contributed by atoms with Gasteiger partial charge in [-0.2, -0.15) is 5.26 Å². The molecule has 0 aliphatic heterocycles. The monoisotopic (exact) mass is 350 g/mol. The molecule has 2 aromatic heterocycles. The van der Waals surface area contributed by atoms with Crippen molar-refractivity contribution >= 4 is 46.4 Å². The van der Waals surface area contributed by atoms with Crippen molar-refractivity contribution in [2.45, 2.75) is 6.42 Å². The molecule has 0 aliphatic carbocycles. The third-order valence-electron chi connectivity index (χ3n) is 3.69. The third-order valence-corrected chi connectivity index (χ3v) is 3.95. The number of aromatic nitrogens is 2. The first kappa shape index (κ1) is 16.7. The fraction of sp³-hybridized carbons (Fsp3) is 0.105. The number of carbonyl (C=O) groups is 1. The summed E-state index contributed by atoms with van der Waals surface area (Å²) in [5, 5.41) is 12.9. The van der Waals surface area contributed by atoms with Crippen molar-refractivity contribution in [2.75, 3.05) is 5.32 Å². The van der Waals surface area contributed by atoms with Crippen molar-refractivity contribution < 1.29 is 4.79 Å². The largest absolute Gasteiger partial charge is 0.335 e. The van der Waals surface area contributed by atoms with Crippen molar-refractivity contribution in [2.24, 2.45) is 7.05 Å². The molecule has 0 saturated heterocycles. The maximum atomic E-state index is 11.6. The molecule has 0 bridgehead atoms. The van der Waals surface area contributed by atoms with Crippen LogP contribution in [0.25, 0.3) is 23.2 Å². The van der Waals surface area contributed by atoms with E-state index in [4.69, 9.17) is 16.9 Å². The smallest absolute Gasteiger partial charge is 0.238 e. The van der Waals surface area contributed by atoms with Crippen molar-refractivity contribution in [3.63, 3.8) is 0 Å². The van der Waals surface area contributed by atoms with E-state index in [1.165, 1.54) is 0 Å². The highest BCUT2D eigenvalue weighted by molar-refractivity contribution is 6.30. The zero-order chi connectivity index (χ0) is 17.8. The van der Waals surface area contributed by atoms with Crippen molar-refractivity contribution in [3.8, 4) is 6.07 Å². The maximum absolute atomic E-state index is 11.6. The average molecular weight is 351 g/mol. The number of carbonyl (C=O) groups excluding carboxylic acids is 1. The Morgan fingerprint density at radius 3 is 2.84 bits per heavy atom. The van der Waals surface area contributed by atoms with Gasteiger partial charge in [0, 0.05) is 29.2 Å². The molecular weight excluding hydrogens is 336 g/mol. The summed E-state index contributed by atoms with van der Waals surface area (Å²) >= 11 is 5.90. The number of pyridine rings is 1. The van der Waals surface area contributed by atoms with Crippen LogP contribution in [0, 0.1) is 11.3 Å². The van der Waals surface area contributed by atoms with Gasteiger partial charge in [0.15, 0.2) is 0 Å². The summed E-state index contributed by atoms with van der Waals surface area (Å²) in [6, 6.07) is 11.3. The van der Waals surface area contributed by atoms with Crippen LogP contribution < -0.4 is 5.32 Å². The van der Waals surface area contributed by atoms with Gasteiger partial charge in [0.05, 0.1) is 18.0 Å². The molecule has 0 fully saturated rings. The van der Waals surface area contributed by atoms with Crippen LogP contribution in [0.15, 0.2) is 42.7 Å². The van der Waals surface area contributed by atoms with Crippen LogP contribution in [-0.4, -0.2) is 15.5 Å². The first-order chi connectivity index (χ1) is 12.1. The van der Waals surface area contributed by atoms with E-state index in [9.17, 15) is 4.79 Å². The number of nitriles is 1. The number of amides is 1. The maximum Gasteiger partial charge on any atom is 0.238 e. The Morgan fingerprint density at radius 1 is 1.36 bits per heavy atom. The molecule has 0 unspecified atom stereocenters. The minimum absolute atomic E-state index is 0.184. The molecule has 1 N–H and O–H groups in total. The summed E-state index contributed by atoms with van der Waals surface area (Å²) in [5.74, 6) is -0.349. The van der Waals surface area contributed by atoms with Gasteiger partial charge in [0.25, 0.3) is 0 Å². The lowest BCUT2D eigenvalue weighted by Gasteiger charge is -2.03. The Morgan fingerprint density at radius 2 is 2.12 bits per heavy atom. The van der Waals surface area contributed by atoms with Gasteiger partial charge < -0.3 is 9.88 Å². The molecule has 3 rings (SSSR count). The number of hydrogen-bond acceptors (Lipinski definition) is 3. The highest BCUT2D eigenvalue weighted by Gasteiger charge is 2.08. The molecule has 1 amide bonds. The summed E-state index contributed by atoms with van der Waals surface area (Å²) in [7, 11) is 1.92. The summed E-state index contributed by atoms with van der Waals surface area (Å²) in [5.41, 5.74) is 3.40. The summed E-state index contributed by atoms with van der Waals surface area (Å²) in [6.07, 6.45) is 7.37. The van der Waals surface area contributed by atoms with E-state index in [2.05, 4.69) is 10.3 Å². The van der Waals surface area contributed by atoms with Gasteiger partial charge in [0.2, 0.25) is 5.91 Å². The highest BCUT2D eigenvalue weighted by atomic mass is 35.5. The number of nitrogens with one attached hydrogen (secondary N) is 1. The lowest BCUT2D eigenvalue weighted by Crippen LogP contribution is -2.10. The quantitative estimate of drug-likeness (QED) is 0.764. The van der Waals surface area contributed by atoms with Crippen LogP contribution in [-0.2, 0) is 11.8 Å². The SMILES string of the molecule is Cn1cc(C=Cc2ccc(Cl)cc2)c2cc(NC(=O)CC#N)cnc21. The summed E-state index contributed by atoms with van der Waals surface area (Å²) < 4.78 is 1.93. The predicted octanol–water partition coefficient (Wildman–Crippen LogP) is 4.25. The molecule has 25 heavy (non-hydrogen) atoms. The Labute approximate surface area is 150 Å². The van der Waals surface area contributed by atoms with E-state index in [0.29, 0.717) is 10.7 Å². The summed E-state index contributed by atoms with van der Waals surface area (Å²) in [4.78, 5) is 16.0. The minimum Gasteiger partial charge on any atom is -0.335 e. The lowest BCUT2D eigenvalue weighted by molar-refractivity contribution is -0.115. The molecule has 124 valence electrons. The number of anilines is 1. The first-order valence-corrected chi connectivity index (χ1v) is 8.00. The molecule has 6 heteroatoms. The number of halogens is 1. The number of rotatable bonds is 4. The van der Waals surface area contributed by atoms with Gasteiger partial charge in [-0.15, -0.1) is 0 Å². The third kappa shape index (κ3) is 3.87. The fourth-order valence-corrected chi connectivity index (χ4v) is 2.65. The van der Waals surface area contributed by atoms with Crippen molar-refractivity contribution in [1.82, 2.24) is 9.55 Å². The standard InChI is InChI=1S/C19H15ClN4O/c1-24-12-14(5-2-13-3-6-15(20)7-4-13)17-10-16(11-22-19(17)24)23-18(25)8-9-21/h2-7,10-12H,8H2,1H3,(H,23,25). The predicted molar refractivity (Wildman–Crippen MR) is 100.0 cm³/mol. The number of hydrogen-bond donors (Lipinski definition) is 1. The molecule has 0 spiro atoms. The van der Waals surface area contributed by atoms with E-state index < -0.39 is 0 Å². The molecular formula is C19H15ClN4O. The van der Waals surface area contributed by atoms with Crippen molar-refractivity contribution in [3.05, 3.63) is 58.9 Å². The average Bonchev–Trinajstić information content (AvgIpc) is 2.90. The fourth-order valence-electron chi connectivity index (χ4n) is 2.53. The zero-order valence-electron chi connectivity index (χ0n) is 13.5. The number of nitrogens with zero attached hydrogens (tertiary/aromatic N) is 3. The zero-order valence-corrected chi connectivity index (χ0v) is 14.3.